The molecule has 0 atom stereocenters. The molecule has 4 nitrogen and oxygen atoms in total. The van der Waals surface area contributed by atoms with Crippen LogP contribution in [0.5, 0.6) is 0 Å². The molecule has 0 radical (unpaired) electrons. The molecule has 1 N–H and O–H groups in total. The number of hydrogen-bond donors (Lipinski definition) is 1. The molecule has 1 saturated carbocycles. The molecule has 1 aromatic rings. The highest BCUT2D eigenvalue weighted by Crippen LogP contribution is 2.45. The fourth-order valence-electron chi connectivity index (χ4n) is 3.79. The van der Waals surface area contributed by atoms with Crippen molar-refractivity contribution in [2.24, 2.45) is 5.41 Å². The highest BCUT2D eigenvalue weighted by atomic mass is 35.5. The molecule has 1 saturated heterocycles. The lowest BCUT2D eigenvalue weighted by Gasteiger charge is -2.45. The van der Waals surface area contributed by atoms with Crippen LogP contribution < -0.4 is 4.90 Å². The molecule has 2 fully saturated rings. The average Bonchev–Trinajstić information content (AvgIpc) is 2.49. The van der Waals surface area contributed by atoms with Gasteiger partial charge in [-0.05, 0) is 31.1 Å². The molecule has 1 spiro atoms. The number of aliphatic hydroxyl groups excluding tert-OH is 1. The van der Waals surface area contributed by atoms with Gasteiger partial charge in [0.25, 0.3) is 0 Å². The Morgan fingerprint density at radius 2 is 1.80 bits per heavy atom. The van der Waals surface area contributed by atoms with Crippen LogP contribution >= 0.6 is 11.6 Å². The molecule has 0 bridgehead atoms. The number of hydrogen-bond acceptors (Lipinski definition) is 4. The molecule has 1 aliphatic carbocycles. The van der Waals surface area contributed by atoms with Crippen LogP contribution in [-0.4, -0.2) is 28.2 Å². The lowest BCUT2D eigenvalue weighted by Crippen LogP contribution is -2.41. The Balaban J connectivity index is 1.73. The molecule has 5 heteroatoms. The maximum Gasteiger partial charge on any atom is 0.140 e. The van der Waals surface area contributed by atoms with Gasteiger partial charge in [-0.1, -0.05) is 30.9 Å². The van der Waals surface area contributed by atoms with Crippen molar-refractivity contribution in [3.05, 3.63) is 17.0 Å². The molecule has 1 aromatic heterocycles. The van der Waals surface area contributed by atoms with E-state index >= 15 is 0 Å². The predicted molar refractivity (Wildman–Crippen MR) is 79.9 cm³/mol. The van der Waals surface area contributed by atoms with E-state index in [1.165, 1.54) is 51.3 Å². The lowest BCUT2D eigenvalue weighted by molar-refractivity contribution is 0.144. The van der Waals surface area contributed by atoms with E-state index < -0.39 is 0 Å². The average molecular weight is 296 g/mol. The highest BCUT2D eigenvalue weighted by molar-refractivity contribution is 6.30. The summed E-state index contributed by atoms with van der Waals surface area (Å²) in [6, 6.07) is 0. The van der Waals surface area contributed by atoms with Crippen molar-refractivity contribution < 1.29 is 5.11 Å². The van der Waals surface area contributed by atoms with Crippen LogP contribution in [0.4, 0.5) is 5.82 Å². The van der Waals surface area contributed by atoms with E-state index in [1.807, 2.05) is 0 Å². The molecule has 110 valence electrons. The van der Waals surface area contributed by atoms with Crippen LogP contribution in [0.2, 0.25) is 5.15 Å². The third-order valence-electron chi connectivity index (χ3n) is 5.07. The quantitative estimate of drug-likeness (QED) is 0.852. The Hall–Kier alpha value is -0.870. The Bertz CT molecular complexity index is 464. The predicted octanol–water partition coefficient (Wildman–Crippen LogP) is 3.17. The van der Waals surface area contributed by atoms with E-state index in [-0.39, 0.29) is 6.61 Å². The third-order valence-corrected chi connectivity index (χ3v) is 5.39. The summed E-state index contributed by atoms with van der Waals surface area (Å²) in [4.78, 5) is 10.6. The molecule has 2 aliphatic rings. The van der Waals surface area contributed by atoms with Gasteiger partial charge < -0.3 is 10.0 Å². The van der Waals surface area contributed by atoms with E-state index in [1.54, 1.807) is 0 Å². The number of nitrogens with zero attached hydrogens (tertiary/aromatic N) is 3. The first-order chi connectivity index (χ1) is 9.74. The van der Waals surface area contributed by atoms with Gasteiger partial charge in [0, 0.05) is 13.1 Å². The fourth-order valence-corrected chi connectivity index (χ4v) is 3.97. The second kappa shape index (κ2) is 5.86. The van der Waals surface area contributed by atoms with Gasteiger partial charge in [-0.25, -0.2) is 9.97 Å². The van der Waals surface area contributed by atoms with Crippen molar-refractivity contribution in [3.63, 3.8) is 0 Å². The molecule has 0 unspecified atom stereocenters. The molecular weight excluding hydrogens is 274 g/mol. The molecule has 20 heavy (non-hydrogen) atoms. The SMILES string of the molecule is OCc1c(Cl)ncnc1N1CCC2(CCCCC2)CC1. The zero-order chi connectivity index (χ0) is 14.0. The van der Waals surface area contributed by atoms with Crippen LogP contribution in [0, 0.1) is 5.41 Å². The molecule has 0 aromatic carbocycles. The number of aliphatic hydroxyl groups is 1. The number of piperidine rings is 1. The summed E-state index contributed by atoms with van der Waals surface area (Å²) in [5.41, 5.74) is 1.24. The second-order valence-corrected chi connectivity index (χ2v) is 6.53. The van der Waals surface area contributed by atoms with E-state index in [4.69, 9.17) is 11.6 Å². The first-order valence-electron chi connectivity index (χ1n) is 7.59. The number of anilines is 1. The van der Waals surface area contributed by atoms with Crippen molar-refractivity contribution in [3.8, 4) is 0 Å². The summed E-state index contributed by atoms with van der Waals surface area (Å²) in [6.07, 6.45) is 10.9. The van der Waals surface area contributed by atoms with Crippen LogP contribution in [0.15, 0.2) is 6.33 Å². The van der Waals surface area contributed by atoms with Gasteiger partial charge in [0.05, 0.1) is 12.2 Å². The van der Waals surface area contributed by atoms with E-state index in [2.05, 4.69) is 14.9 Å². The first-order valence-corrected chi connectivity index (χ1v) is 7.97. The van der Waals surface area contributed by atoms with Gasteiger partial charge in [-0.2, -0.15) is 0 Å². The summed E-state index contributed by atoms with van der Waals surface area (Å²) < 4.78 is 0. The minimum Gasteiger partial charge on any atom is -0.391 e. The molecule has 3 rings (SSSR count). The van der Waals surface area contributed by atoms with Crippen molar-refractivity contribution in [1.29, 1.82) is 0 Å². The maximum atomic E-state index is 9.48. The van der Waals surface area contributed by atoms with Crippen LogP contribution in [0.1, 0.15) is 50.5 Å². The summed E-state index contributed by atoms with van der Waals surface area (Å²) in [7, 11) is 0. The summed E-state index contributed by atoms with van der Waals surface area (Å²) in [5.74, 6) is 0.818. The normalized spacial score (nSPS) is 22.2. The van der Waals surface area contributed by atoms with Gasteiger partial charge in [0.15, 0.2) is 0 Å². The highest BCUT2D eigenvalue weighted by Gasteiger charge is 2.36. The van der Waals surface area contributed by atoms with Gasteiger partial charge in [-0.15, -0.1) is 0 Å². The van der Waals surface area contributed by atoms with E-state index in [0.29, 0.717) is 16.1 Å². The van der Waals surface area contributed by atoms with E-state index in [9.17, 15) is 5.11 Å². The topological polar surface area (TPSA) is 49.3 Å². The largest absolute Gasteiger partial charge is 0.391 e. The van der Waals surface area contributed by atoms with Crippen LogP contribution in [0.25, 0.3) is 0 Å². The molecule has 0 amide bonds. The molecule has 1 aliphatic heterocycles. The van der Waals surface area contributed by atoms with Crippen molar-refractivity contribution in [2.75, 3.05) is 18.0 Å². The third kappa shape index (κ3) is 2.63. The van der Waals surface area contributed by atoms with E-state index in [0.717, 1.165) is 18.9 Å². The summed E-state index contributed by atoms with van der Waals surface area (Å²) in [6.45, 7) is 1.93. The Kier molecular flexibility index (Phi) is 4.13. The minimum atomic E-state index is -0.101. The zero-order valence-corrected chi connectivity index (χ0v) is 12.6. The second-order valence-electron chi connectivity index (χ2n) is 6.17. The summed E-state index contributed by atoms with van der Waals surface area (Å²) >= 11 is 6.05. The van der Waals surface area contributed by atoms with Crippen molar-refractivity contribution in [1.82, 2.24) is 9.97 Å². The van der Waals surface area contributed by atoms with Crippen molar-refractivity contribution >= 4 is 17.4 Å². The van der Waals surface area contributed by atoms with Gasteiger partial charge in [-0.3, -0.25) is 0 Å². The zero-order valence-electron chi connectivity index (χ0n) is 11.8. The molecule has 2 heterocycles. The Morgan fingerprint density at radius 1 is 1.10 bits per heavy atom. The fraction of sp³-hybridized carbons (Fsp3) is 0.733. The Labute approximate surface area is 125 Å². The van der Waals surface area contributed by atoms with Gasteiger partial charge in [0.1, 0.15) is 17.3 Å². The smallest absolute Gasteiger partial charge is 0.140 e. The molecular formula is C15H22ClN3O. The number of halogens is 1. The first kappa shape index (κ1) is 14.1. The van der Waals surface area contributed by atoms with Gasteiger partial charge in [0.2, 0.25) is 0 Å². The monoisotopic (exact) mass is 295 g/mol. The summed E-state index contributed by atoms with van der Waals surface area (Å²) in [5, 5.41) is 9.85. The lowest BCUT2D eigenvalue weighted by atomic mass is 9.68. The standard InChI is InChI=1S/C15H22ClN3O/c16-13-12(10-20)14(18-11-17-13)19-8-6-15(7-9-19)4-2-1-3-5-15/h11,20H,1-10H2. The maximum absolute atomic E-state index is 9.48. The minimum absolute atomic E-state index is 0.101. The van der Waals surface area contributed by atoms with Crippen LogP contribution in [0.3, 0.4) is 0 Å². The Morgan fingerprint density at radius 3 is 2.45 bits per heavy atom. The van der Waals surface area contributed by atoms with Crippen LogP contribution in [-0.2, 0) is 6.61 Å². The van der Waals surface area contributed by atoms with Gasteiger partial charge >= 0.3 is 0 Å². The number of rotatable bonds is 2. The van der Waals surface area contributed by atoms with Crippen molar-refractivity contribution in [2.45, 2.75) is 51.6 Å². The number of aromatic nitrogens is 2.